The lowest BCUT2D eigenvalue weighted by atomic mass is 9.89. The fourth-order valence-corrected chi connectivity index (χ4v) is 3.03. The van der Waals surface area contributed by atoms with Gasteiger partial charge in [-0.05, 0) is 24.7 Å². The third-order valence-corrected chi connectivity index (χ3v) is 3.95. The average molecular weight is 262 g/mol. The molecular weight excluding hydrogens is 238 g/mol. The lowest BCUT2D eigenvalue weighted by Gasteiger charge is -2.38. The number of nitrogens with one attached hydrogen (secondary N) is 1. The highest BCUT2D eigenvalue weighted by molar-refractivity contribution is 4.87. The standard InChI is InChI=1S/C13H24F2N2O/c14-13(15)7-16-12-6-11(5-10-1-2-10)8-17(9-12)3-4-18/h10-13,16,18H,1-9H2. The molecule has 0 bridgehead atoms. The van der Waals surface area contributed by atoms with Gasteiger partial charge in [-0.1, -0.05) is 12.8 Å². The molecule has 5 heteroatoms. The molecule has 0 radical (unpaired) electrons. The minimum absolute atomic E-state index is 0.151. The molecule has 2 aliphatic rings. The maximum atomic E-state index is 12.2. The molecule has 0 aromatic heterocycles. The Morgan fingerprint density at radius 2 is 2.00 bits per heavy atom. The summed E-state index contributed by atoms with van der Waals surface area (Å²) in [5.74, 6) is 1.48. The number of halogens is 2. The van der Waals surface area contributed by atoms with Crippen molar-refractivity contribution in [1.82, 2.24) is 10.2 Å². The molecule has 0 spiro atoms. The number of aliphatic hydroxyl groups is 1. The maximum absolute atomic E-state index is 12.2. The first-order chi connectivity index (χ1) is 8.67. The number of β-amino-alcohol motifs (C(OH)–C–C–N with tert-alkyl or cyclic N) is 1. The van der Waals surface area contributed by atoms with Crippen molar-refractivity contribution in [1.29, 1.82) is 0 Å². The lowest BCUT2D eigenvalue weighted by Crippen LogP contribution is -2.50. The molecule has 3 nitrogen and oxygen atoms in total. The summed E-state index contributed by atoms with van der Waals surface area (Å²) in [6.45, 7) is 2.40. The molecule has 0 aromatic carbocycles. The largest absolute Gasteiger partial charge is 0.395 e. The number of piperidine rings is 1. The third kappa shape index (κ3) is 4.78. The Morgan fingerprint density at radius 1 is 1.22 bits per heavy atom. The van der Waals surface area contributed by atoms with Crippen molar-refractivity contribution >= 4 is 0 Å². The molecule has 2 atom stereocenters. The van der Waals surface area contributed by atoms with Crippen molar-refractivity contribution in [2.24, 2.45) is 11.8 Å². The fourth-order valence-electron chi connectivity index (χ4n) is 3.03. The Kier molecular flexibility index (Phi) is 5.33. The van der Waals surface area contributed by atoms with Gasteiger partial charge in [-0.3, -0.25) is 4.90 Å². The number of likely N-dealkylation sites (tertiary alicyclic amines) is 1. The number of rotatable bonds is 7. The van der Waals surface area contributed by atoms with Crippen LogP contribution in [0.25, 0.3) is 0 Å². The van der Waals surface area contributed by atoms with Crippen LogP contribution in [0.15, 0.2) is 0 Å². The van der Waals surface area contributed by atoms with Gasteiger partial charge in [0.1, 0.15) is 0 Å². The van der Waals surface area contributed by atoms with E-state index in [0.717, 1.165) is 25.4 Å². The second-order valence-electron chi connectivity index (χ2n) is 5.76. The molecule has 0 aromatic rings. The summed E-state index contributed by atoms with van der Waals surface area (Å²) in [7, 11) is 0. The van der Waals surface area contributed by atoms with E-state index in [4.69, 9.17) is 5.11 Å². The van der Waals surface area contributed by atoms with Crippen molar-refractivity contribution in [3.8, 4) is 0 Å². The van der Waals surface area contributed by atoms with Crippen LogP contribution in [0.2, 0.25) is 0 Å². The quantitative estimate of drug-likeness (QED) is 0.726. The van der Waals surface area contributed by atoms with Gasteiger partial charge < -0.3 is 10.4 Å². The molecule has 2 unspecified atom stereocenters. The number of nitrogens with zero attached hydrogens (tertiary/aromatic N) is 1. The zero-order chi connectivity index (χ0) is 13.0. The van der Waals surface area contributed by atoms with Gasteiger partial charge in [-0.2, -0.15) is 0 Å². The van der Waals surface area contributed by atoms with E-state index in [-0.39, 0.29) is 19.2 Å². The second-order valence-corrected chi connectivity index (χ2v) is 5.76. The van der Waals surface area contributed by atoms with E-state index in [1.54, 1.807) is 0 Å². The summed E-state index contributed by atoms with van der Waals surface area (Å²) in [5.41, 5.74) is 0. The van der Waals surface area contributed by atoms with Crippen molar-refractivity contribution < 1.29 is 13.9 Å². The van der Waals surface area contributed by atoms with E-state index in [2.05, 4.69) is 10.2 Å². The van der Waals surface area contributed by atoms with Gasteiger partial charge in [0, 0.05) is 25.7 Å². The van der Waals surface area contributed by atoms with Crippen LogP contribution in [0, 0.1) is 11.8 Å². The molecule has 1 saturated heterocycles. The Labute approximate surface area is 108 Å². The van der Waals surface area contributed by atoms with Gasteiger partial charge in [0.25, 0.3) is 6.43 Å². The zero-order valence-electron chi connectivity index (χ0n) is 10.8. The average Bonchev–Trinajstić information content (AvgIpc) is 3.10. The Morgan fingerprint density at radius 3 is 2.61 bits per heavy atom. The summed E-state index contributed by atoms with van der Waals surface area (Å²) in [6.07, 6.45) is 2.64. The summed E-state index contributed by atoms with van der Waals surface area (Å²) in [6, 6.07) is 0.156. The first-order valence-corrected chi connectivity index (χ1v) is 7.02. The number of alkyl halides is 2. The van der Waals surface area contributed by atoms with E-state index in [1.807, 2.05) is 0 Å². The highest BCUT2D eigenvalue weighted by Gasteiger charge is 2.31. The normalized spacial score (nSPS) is 30.0. The monoisotopic (exact) mass is 262 g/mol. The Bertz CT molecular complexity index is 249. The highest BCUT2D eigenvalue weighted by Crippen LogP contribution is 2.37. The van der Waals surface area contributed by atoms with Gasteiger partial charge in [0.05, 0.1) is 13.2 Å². The van der Waals surface area contributed by atoms with Gasteiger partial charge in [0.15, 0.2) is 0 Å². The first kappa shape index (κ1) is 14.2. The Balaban J connectivity index is 1.79. The molecule has 1 heterocycles. The molecule has 1 aliphatic heterocycles. The van der Waals surface area contributed by atoms with E-state index >= 15 is 0 Å². The molecular formula is C13H24F2N2O. The van der Waals surface area contributed by atoms with Crippen LogP contribution in [-0.4, -0.2) is 55.3 Å². The molecule has 106 valence electrons. The van der Waals surface area contributed by atoms with E-state index in [0.29, 0.717) is 12.5 Å². The SMILES string of the molecule is OCCN1CC(CC2CC2)CC(NCC(F)F)C1. The molecule has 18 heavy (non-hydrogen) atoms. The number of aliphatic hydroxyl groups excluding tert-OH is 1. The van der Waals surface area contributed by atoms with E-state index < -0.39 is 6.43 Å². The van der Waals surface area contributed by atoms with Crippen LogP contribution in [-0.2, 0) is 0 Å². The number of hydrogen-bond acceptors (Lipinski definition) is 3. The minimum atomic E-state index is -2.28. The maximum Gasteiger partial charge on any atom is 0.250 e. The second kappa shape index (κ2) is 6.78. The van der Waals surface area contributed by atoms with Crippen molar-refractivity contribution in [3.63, 3.8) is 0 Å². The predicted molar refractivity (Wildman–Crippen MR) is 66.8 cm³/mol. The molecule has 1 saturated carbocycles. The van der Waals surface area contributed by atoms with Crippen LogP contribution in [0.5, 0.6) is 0 Å². The van der Waals surface area contributed by atoms with Gasteiger partial charge in [-0.15, -0.1) is 0 Å². The Hall–Kier alpha value is -0.260. The third-order valence-electron chi connectivity index (χ3n) is 3.95. The number of hydrogen-bond donors (Lipinski definition) is 2. The molecule has 2 fully saturated rings. The van der Waals surface area contributed by atoms with E-state index in [9.17, 15) is 8.78 Å². The predicted octanol–water partition coefficient (Wildman–Crippen LogP) is 1.32. The molecule has 2 rings (SSSR count). The highest BCUT2D eigenvalue weighted by atomic mass is 19.3. The summed E-state index contributed by atoms with van der Waals surface area (Å²) in [5, 5.41) is 12.0. The van der Waals surface area contributed by atoms with Crippen LogP contribution in [0.3, 0.4) is 0 Å². The first-order valence-electron chi connectivity index (χ1n) is 7.02. The van der Waals surface area contributed by atoms with Crippen molar-refractivity contribution in [2.75, 3.05) is 32.8 Å². The van der Waals surface area contributed by atoms with Crippen LogP contribution < -0.4 is 5.32 Å². The smallest absolute Gasteiger partial charge is 0.250 e. The van der Waals surface area contributed by atoms with Crippen LogP contribution >= 0.6 is 0 Å². The topological polar surface area (TPSA) is 35.5 Å². The van der Waals surface area contributed by atoms with Gasteiger partial charge in [0.2, 0.25) is 0 Å². The van der Waals surface area contributed by atoms with Crippen molar-refractivity contribution in [3.05, 3.63) is 0 Å². The molecule has 1 aliphatic carbocycles. The summed E-state index contributed by atoms with van der Waals surface area (Å²) < 4.78 is 24.5. The lowest BCUT2D eigenvalue weighted by molar-refractivity contribution is 0.0929. The van der Waals surface area contributed by atoms with Crippen LogP contribution in [0.1, 0.15) is 25.7 Å². The van der Waals surface area contributed by atoms with E-state index in [1.165, 1.54) is 19.3 Å². The van der Waals surface area contributed by atoms with Gasteiger partial charge >= 0.3 is 0 Å². The fraction of sp³-hybridized carbons (Fsp3) is 1.00. The minimum Gasteiger partial charge on any atom is -0.395 e. The summed E-state index contributed by atoms with van der Waals surface area (Å²) >= 11 is 0. The zero-order valence-corrected chi connectivity index (χ0v) is 10.8. The van der Waals surface area contributed by atoms with Gasteiger partial charge in [-0.25, -0.2) is 8.78 Å². The summed E-state index contributed by atoms with van der Waals surface area (Å²) in [4.78, 5) is 2.21. The molecule has 2 N–H and O–H groups in total. The molecule has 0 amide bonds. The van der Waals surface area contributed by atoms with Crippen molar-refractivity contribution in [2.45, 2.75) is 38.2 Å². The van der Waals surface area contributed by atoms with Crippen LogP contribution in [0.4, 0.5) is 8.78 Å².